The van der Waals surface area contributed by atoms with E-state index in [1.54, 1.807) is 10.9 Å². The highest BCUT2D eigenvalue weighted by Crippen LogP contribution is 2.26. The van der Waals surface area contributed by atoms with Crippen LogP contribution in [-0.4, -0.2) is 33.6 Å². The lowest BCUT2D eigenvalue weighted by molar-refractivity contribution is 0.157. The number of nitrogens with zero attached hydrogens (tertiary/aromatic N) is 2. The zero-order chi connectivity index (χ0) is 10.1. The van der Waals surface area contributed by atoms with E-state index in [-0.39, 0.29) is 6.04 Å². The molecule has 1 aromatic rings. The molecule has 0 saturated heterocycles. The predicted octanol–water partition coefficient (Wildman–Crippen LogP) is 0.674. The summed E-state index contributed by atoms with van der Waals surface area (Å²) in [6, 6.07) is -0.244. The quantitative estimate of drug-likeness (QED) is 0.780. The van der Waals surface area contributed by atoms with Crippen molar-refractivity contribution in [2.75, 3.05) is 6.61 Å². The molecular formula is C7H8BrN3O3. The van der Waals surface area contributed by atoms with Crippen molar-refractivity contribution in [2.24, 2.45) is 0 Å². The normalized spacial score (nSPS) is 19.6. The summed E-state index contributed by atoms with van der Waals surface area (Å²) >= 11 is 3.28. The number of aromatic nitrogens is 2. The van der Waals surface area contributed by atoms with Gasteiger partial charge in [0.15, 0.2) is 0 Å². The van der Waals surface area contributed by atoms with E-state index in [4.69, 9.17) is 9.84 Å². The second-order valence-electron chi connectivity index (χ2n) is 2.94. The molecule has 0 spiro atoms. The fourth-order valence-electron chi connectivity index (χ4n) is 1.33. The van der Waals surface area contributed by atoms with E-state index < -0.39 is 6.09 Å². The molecule has 0 radical (unpaired) electrons. The van der Waals surface area contributed by atoms with E-state index in [9.17, 15) is 4.79 Å². The van der Waals surface area contributed by atoms with Crippen molar-refractivity contribution in [3.8, 4) is 5.88 Å². The molecular weight excluding hydrogens is 254 g/mol. The fourth-order valence-corrected chi connectivity index (χ4v) is 1.74. The number of hydrogen-bond acceptors (Lipinski definition) is 3. The first-order chi connectivity index (χ1) is 6.66. The summed E-state index contributed by atoms with van der Waals surface area (Å²) in [5, 5.41) is 14.9. The highest BCUT2D eigenvalue weighted by atomic mass is 79.9. The van der Waals surface area contributed by atoms with E-state index in [0.29, 0.717) is 19.0 Å². The maximum absolute atomic E-state index is 10.4. The molecule has 0 aromatic carbocycles. The third kappa shape index (κ3) is 1.67. The SMILES string of the molecule is O=C(O)NC1COc2c(Br)cnn2C1. The molecule has 0 fully saturated rings. The maximum atomic E-state index is 10.4. The van der Waals surface area contributed by atoms with Crippen LogP contribution >= 0.6 is 15.9 Å². The number of hydrogen-bond donors (Lipinski definition) is 2. The van der Waals surface area contributed by atoms with Crippen molar-refractivity contribution in [1.82, 2.24) is 15.1 Å². The number of halogens is 1. The third-order valence-electron chi connectivity index (χ3n) is 1.89. The Morgan fingerprint density at radius 2 is 2.64 bits per heavy atom. The second kappa shape index (κ2) is 3.49. The van der Waals surface area contributed by atoms with Gasteiger partial charge < -0.3 is 15.2 Å². The van der Waals surface area contributed by atoms with Gasteiger partial charge in [-0.05, 0) is 15.9 Å². The third-order valence-corrected chi connectivity index (χ3v) is 2.44. The van der Waals surface area contributed by atoms with E-state index in [0.717, 1.165) is 4.47 Å². The van der Waals surface area contributed by atoms with E-state index in [2.05, 4.69) is 26.3 Å². The zero-order valence-electron chi connectivity index (χ0n) is 7.11. The summed E-state index contributed by atoms with van der Waals surface area (Å²) in [7, 11) is 0. The summed E-state index contributed by atoms with van der Waals surface area (Å²) in [5.41, 5.74) is 0. The van der Waals surface area contributed by atoms with E-state index in [1.807, 2.05) is 0 Å². The molecule has 0 bridgehead atoms. The number of ether oxygens (including phenoxy) is 1. The van der Waals surface area contributed by atoms with Crippen molar-refractivity contribution in [1.29, 1.82) is 0 Å². The molecule has 2 heterocycles. The van der Waals surface area contributed by atoms with Gasteiger partial charge in [0, 0.05) is 0 Å². The Kier molecular flexibility index (Phi) is 2.32. The molecule has 0 aliphatic carbocycles. The number of rotatable bonds is 1. The molecule has 1 aliphatic heterocycles. The molecule has 6 nitrogen and oxygen atoms in total. The minimum absolute atomic E-state index is 0.244. The molecule has 7 heteroatoms. The smallest absolute Gasteiger partial charge is 0.405 e. The van der Waals surface area contributed by atoms with Gasteiger partial charge in [-0.2, -0.15) is 5.10 Å². The molecule has 0 saturated carbocycles. The highest BCUT2D eigenvalue weighted by Gasteiger charge is 2.23. The summed E-state index contributed by atoms with van der Waals surface area (Å²) in [6.45, 7) is 0.823. The number of carbonyl (C=O) groups is 1. The van der Waals surface area contributed by atoms with Crippen molar-refractivity contribution in [2.45, 2.75) is 12.6 Å². The van der Waals surface area contributed by atoms with Crippen LogP contribution in [0.2, 0.25) is 0 Å². The first-order valence-corrected chi connectivity index (χ1v) is 4.79. The lowest BCUT2D eigenvalue weighted by Crippen LogP contribution is -2.44. The van der Waals surface area contributed by atoms with Crippen LogP contribution < -0.4 is 10.1 Å². The highest BCUT2D eigenvalue weighted by molar-refractivity contribution is 9.10. The molecule has 1 aliphatic rings. The monoisotopic (exact) mass is 261 g/mol. The van der Waals surface area contributed by atoms with E-state index in [1.165, 1.54) is 0 Å². The van der Waals surface area contributed by atoms with Gasteiger partial charge in [-0.25, -0.2) is 9.48 Å². The van der Waals surface area contributed by atoms with Gasteiger partial charge in [-0.15, -0.1) is 0 Å². The largest absolute Gasteiger partial charge is 0.475 e. The fraction of sp³-hybridized carbons (Fsp3) is 0.429. The molecule has 14 heavy (non-hydrogen) atoms. The van der Waals surface area contributed by atoms with Crippen molar-refractivity contribution in [3.63, 3.8) is 0 Å². The second-order valence-corrected chi connectivity index (χ2v) is 3.79. The van der Waals surface area contributed by atoms with Crippen LogP contribution in [0.15, 0.2) is 10.7 Å². The van der Waals surface area contributed by atoms with Crippen LogP contribution in [0.5, 0.6) is 5.88 Å². The van der Waals surface area contributed by atoms with Gasteiger partial charge in [0.1, 0.15) is 6.61 Å². The molecule has 1 amide bonds. The predicted molar refractivity (Wildman–Crippen MR) is 50.4 cm³/mol. The maximum Gasteiger partial charge on any atom is 0.405 e. The van der Waals surface area contributed by atoms with Crippen molar-refractivity contribution >= 4 is 22.0 Å². The molecule has 2 rings (SSSR count). The van der Waals surface area contributed by atoms with Crippen molar-refractivity contribution < 1.29 is 14.6 Å². The van der Waals surface area contributed by atoms with Gasteiger partial charge in [-0.1, -0.05) is 0 Å². The van der Waals surface area contributed by atoms with Crippen LogP contribution in [0.1, 0.15) is 0 Å². The number of nitrogens with one attached hydrogen (secondary N) is 1. The van der Waals surface area contributed by atoms with Gasteiger partial charge in [0.25, 0.3) is 0 Å². The lowest BCUT2D eigenvalue weighted by Gasteiger charge is -2.23. The lowest BCUT2D eigenvalue weighted by atomic mass is 10.3. The van der Waals surface area contributed by atoms with Crippen LogP contribution in [0.3, 0.4) is 0 Å². The minimum atomic E-state index is -1.05. The Labute approximate surface area is 88.0 Å². The van der Waals surface area contributed by atoms with Gasteiger partial charge in [0.05, 0.1) is 23.3 Å². The van der Waals surface area contributed by atoms with Gasteiger partial charge in [-0.3, -0.25) is 0 Å². The first kappa shape index (κ1) is 9.32. The van der Waals surface area contributed by atoms with E-state index >= 15 is 0 Å². The number of amides is 1. The standard InChI is InChI=1S/C7H8BrN3O3/c8-5-1-9-11-2-4(10-7(12)13)3-14-6(5)11/h1,4,10H,2-3H2,(H,12,13). The summed E-state index contributed by atoms with van der Waals surface area (Å²) in [4.78, 5) is 10.4. The Morgan fingerprint density at radius 1 is 1.86 bits per heavy atom. The Hall–Kier alpha value is -1.24. The molecule has 2 N–H and O–H groups in total. The Bertz CT molecular complexity index is 365. The van der Waals surface area contributed by atoms with Crippen molar-refractivity contribution in [3.05, 3.63) is 10.7 Å². The summed E-state index contributed by atoms with van der Waals surface area (Å²) < 4.78 is 7.74. The average molecular weight is 262 g/mol. The first-order valence-electron chi connectivity index (χ1n) is 4.00. The number of fused-ring (bicyclic) bond motifs is 1. The minimum Gasteiger partial charge on any atom is -0.475 e. The number of carboxylic acid groups (broad SMARTS) is 1. The Morgan fingerprint density at radius 3 is 3.36 bits per heavy atom. The van der Waals surface area contributed by atoms with Crippen LogP contribution in [0.25, 0.3) is 0 Å². The zero-order valence-corrected chi connectivity index (χ0v) is 8.69. The Balaban J connectivity index is 2.10. The molecule has 1 aromatic heterocycles. The van der Waals surface area contributed by atoms with Crippen LogP contribution in [0.4, 0.5) is 4.79 Å². The van der Waals surface area contributed by atoms with Gasteiger partial charge >= 0.3 is 6.09 Å². The topological polar surface area (TPSA) is 76.4 Å². The summed E-state index contributed by atoms with van der Waals surface area (Å²) in [6.07, 6.45) is 0.576. The summed E-state index contributed by atoms with van der Waals surface area (Å²) in [5.74, 6) is 0.647. The molecule has 1 unspecified atom stereocenters. The molecule has 1 atom stereocenters. The van der Waals surface area contributed by atoms with Gasteiger partial charge in [0.2, 0.25) is 5.88 Å². The van der Waals surface area contributed by atoms with Crippen LogP contribution in [-0.2, 0) is 6.54 Å². The average Bonchev–Trinajstić information content (AvgIpc) is 2.46. The molecule has 76 valence electrons. The van der Waals surface area contributed by atoms with Crippen LogP contribution in [0, 0.1) is 0 Å².